The number of aliphatic hydroxyl groups excluding tert-OH is 1. The summed E-state index contributed by atoms with van der Waals surface area (Å²) >= 11 is 0. The zero-order valence-electron chi connectivity index (χ0n) is 10.3. The zero-order chi connectivity index (χ0) is 12.0. The van der Waals surface area contributed by atoms with Gasteiger partial charge in [0.25, 0.3) is 0 Å². The first-order valence-electron chi connectivity index (χ1n) is 5.98. The van der Waals surface area contributed by atoms with Crippen LogP contribution in [0.3, 0.4) is 0 Å². The fourth-order valence-corrected chi connectivity index (χ4v) is 2.54. The molecule has 4 heteroatoms. The molecule has 0 radical (unpaired) electrons. The second kappa shape index (κ2) is 3.62. The summed E-state index contributed by atoms with van der Waals surface area (Å²) in [6, 6.07) is 0. The Bertz CT molecular complexity index is 297. The summed E-state index contributed by atoms with van der Waals surface area (Å²) in [5, 5.41) is 9.75. The van der Waals surface area contributed by atoms with E-state index in [1.165, 1.54) is 0 Å². The second-order valence-electron chi connectivity index (χ2n) is 6.07. The van der Waals surface area contributed by atoms with Gasteiger partial charge in [-0.2, -0.15) is 0 Å². The Morgan fingerprint density at radius 3 is 2.50 bits per heavy atom. The normalized spacial score (nSPS) is 34.0. The number of carbonyl (C=O) groups is 1. The number of nitrogens with zero attached hydrogens (tertiary/aromatic N) is 1. The molecule has 2 rings (SSSR count). The van der Waals surface area contributed by atoms with Gasteiger partial charge in [0.05, 0.1) is 6.10 Å². The smallest absolute Gasteiger partial charge is 0.410 e. The SMILES string of the molecule is CC(C)(C)OC(=O)N1CC[C@]2(CC[C@H]2O)C1. The summed E-state index contributed by atoms with van der Waals surface area (Å²) in [6.07, 6.45) is 2.35. The van der Waals surface area contributed by atoms with Gasteiger partial charge >= 0.3 is 6.09 Å². The number of amides is 1. The van der Waals surface area contributed by atoms with Crippen molar-refractivity contribution in [2.75, 3.05) is 13.1 Å². The lowest BCUT2D eigenvalue weighted by Crippen LogP contribution is -2.47. The maximum absolute atomic E-state index is 11.8. The number of ether oxygens (including phenoxy) is 1. The lowest BCUT2D eigenvalue weighted by molar-refractivity contribution is -0.0575. The van der Waals surface area contributed by atoms with E-state index < -0.39 is 5.60 Å². The third-order valence-corrected chi connectivity index (χ3v) is 3.66. The highest BCUT2D eigenvalue weighted by Gasteiger charge is 2.51. The second-order valence-corrected chi connectivity index (χ2v) is 6.07. The summed E-state index contributed by atoms with van der Waals surface area (Å²) in [6.45, 7) is 6.98. The van der Waals surface area contributed by atoms with Gasteiger partial charge in [-0.25, -0.2) is 4.79 Å². The highest BCUT2D eigenvalue weighted by Crippen LogP contribution is 2.48. The first-order valence-corrected chi connectivity index (χ1v) is 5.98. The summed E-state index contributed by atoms with van der Waals surface area (Å²) < 4.78 is 5.32. The van der Waals surface area contributed by atoms with E-state index in [9.17, 15) is 9.90 Å². The molecule has 0 aromatic heterocycles. The van der Waals surface area contributed by atoms with Gasteiger partial charge in [-0.3, -0.25) is 0 Å². The minimum atomic E-state index is -0.439. The molecule has 0 aromatic carbocycles. The minimum Gasteiger partial charge on any atom is -0.444 e. The molecule has 2 aliphatic rings. The van der Waals surface area contributed by atoms with Crippen LogP contribution in [0.25, 0.3) is 0 Å². The molecule has 16 heavy (non-hydrogen) atoms. The molecule has 1 spiro atoms. The molecule has 1 aliphatic heterocycles. The van der Waals surface area contributed by atoms with Gasteiger partial charge in [0.15, 0.2) is 0 Å². The van der Waals surface area contributed by atoms with Crippen molar-refractivity contribution in [3.63, 3.8) is 0 Å². The van der Waals surface area contributed by atoms with E-state index in [0.717, 1.165) is 19.3 Å². The van der Waals surface area contributed by atoms with Crippen molar-refractivity contribution in [2.45, 2.75) is 51.7 Å². The third kappa shape index (κ3) is 2.03. The van der Waals surface area contributed by atoms with Gasteiger partial charge in [0.2, 0.25) is 0 Å². The van der Waals surface area contributed by atoms with E-state index in [1.54, 1.807) is 4.90 Å². The predicted molar refractivity (Wildman–Crippen MR) is 60.1 cm³/mol. The molecule has 1 saturated carbocycles. The van der Waals surface area contributed by atoms with Gasteiger partial charge < -0.3 is 14.7 Å². The van der Waals surface area contributed by atoms with E-state index in [-0.39, 0.29) is 17.6 Å². The Hall–Kier alpha value is -0.770. The summed E-state index contributed by atoms with van der Waals surface area (Å²) in [5.74, 6) is 0. The van der Waals surface area contributed by atoms with Gasteiger partial charge in [0, 0.05) is 18.5 Å². The molecule has 0 bridgehead atoms. The van der Waals surface area contributed by atoms with Crippen LogP contribution in [0.4, 0.5) is 4.79 Å². The van der Waals surface area contributed by atoms with E-state index in [2.05, 4.69) is 0 Å². The van der Waals surface area contributed by atoms with Crippen molar-refractivity contribution in [2.24, 2.45) is 5.41 Å². The average Bonchev–Trinajstić information content (AvgIpc) is 2.59. The van der Waals surface area contributed by atoms with Gasteiger partial charge in [-0.1, -0.05) is 0 Å². The Kier molecular flexibility index (Phi) is 2.65. The lowest BCUT2D eigenvalue weighted by Gasteiger charge is -2.43. The first kappa shape index (κ1) is 11.7. The Labute approximate surface area is 96.6 Å². The van der Waals surface area contributed by atoms with Crippen LogP contribution in [0.1, 0.15) is 40.0 Å². The van der Waals surface area contributed by atoms with E-state index in [1.807, 2.05) is 20.8 Å². The molecular weight excluding hydrogens is 206 g/mol. The summed E-state index contributed by atoms with van der Waals surface area (Å²) in [4.78, 5) is 13.5. The monoisotopic (exact) mass is 227 g/mol. The van der Waals surface area contributed by atoms with E-state index in [0.29, 0.717) is 13.1 Å². The van der Waals surface area contributed by atoms with Gasteiger partial charge in [0.1, 0.15) is 5.60 Å². The summed E-state index contributed by atoms with van der Waals surface area (Å²) in [5.41, 5.74) is -0.456. The molecular formula is C12H21NO3. The van der Waals surface area contributed by atoms with E-state index >= 15 is 0 Å². The van der Waals surface area contributed by atoms with Crippen molar-refractivity contribution in [3.05, 3.63) is 0 Å². The Morgan fingerprint density at radius 2 is 2.12 bits per heavy atom. The molecule has 92 valence electrons. The number of carbonyl (C=O) groups excluding carboxylic acids is 1. The molecule has 1 N–H and O–H groups in total. The molecule has 1 aliphatic carbocycles. The standard InChI is InChI=1S/C12H21NO3/c1-11(2,3)16-10(15)13-7-6-12(8-13)5-4-9(12)14/h9,14H,4-8H2,1-3H3/t9-,12-/m1/s1. The highest BCUT2D eigenvalue weighted by molar-refractivity contribution is 5.68. The van der Waals surface area contributed by atoms with Crippen LogP contribution in [0.2, 0.25) is 0 Å². The highest BCUT2D eigenvalue weighted by atomic mass is 16.6. The van der Waals surface area contributed by atoms with Crippen LogP contribution in [0.15, 0.2) is 0 Å². The Balaban J connectivity index is 1.91. The van der Waals surface area contributed by atoms with Crippen molar-refractivity contribution in [1.82, 2.24) is 4.90 Å². The quantitative estimate of drug-likeness (QED) is 0.686. The van der Waals surface area contributed by atoms with Crippen LogP contribution in [-0.2, 0) is 4.74 Å². The number of likely N-dealkylation sites (tertiary alicyclic amines) is 1. The molecule has 1 amide bonds. The summed E-state index contributed by atoms with van der Waals surface area (Å²) in [7, 11) is 0. The minimum absolute atomic E-state index is 0.0170. The van der Waals surface area contributed by atoms with Crippen LogP contribution in [0, 0.1) is 5.41 Å². The number of rotatable bonds is 0. The lowest BCUT2D eigenvalue weighted by atomic mass is 9.66. The molecule has 2 atom stereocenters. The topological polar surface area (TPSA) is 49.8 Å². The van der Waals surface area contributed by atoms with Gasteiger partial charge in [-0.15, -0.1) is 0 Å². The van der Waals surface area contributed by atoms with Crippen molar-refractivity contribution in [1.29, 1.82) is 0 Å². The Morgan fingerprint density at radius 1 is 1.44 bits per heavy atom. The van der Waals surface area contributed by atoms with Crippen molar-refractivity contribution in [3.8, 4) is 0 Å². The van der Waals surface area contributed by atoms with Crippen LogP contribution in [0.5, 0.6) is 0 Å². The number of aliphatic hydroxyl groups is 1. The van der Waals surface area contributed by atoms with Crippen molar-refractivity contribution < 1.29 is 14.6 Å². The molecule has 2 fully saturated rings. The van der Waals surface area contributed by atoms with Gasteiger partial charge in [-0.05, 0) is 40.0 Å². The molecule has 1 saturated heterocycles. The predicted octanol–water partition coefficient (Wildman–Crippen LogP) is 1.77. The maximum Gasteiger partial charge on any atom is 0.410 e. The van der Waals surface area contributed by atoms with Crippen LogP contribution < -0.4 is 0 Å². The molecule has 0 unspecified atom stereocenters. The largest absolute Gasteiger partial charge is 0.444 e. The molecule has 0 aromatic rings. The maximum atomic E-state index is 11.8. The fraction of sp³-hybridized carbons (Fsp3) is 0.917. The first-order chi connectivity index (χ1) is 7.32. The van der Waals surface area contributed by atoms with Crippen LogP contribution in [-0.4, -0.2) is 40.9 Å². The molecule has 4 nitrogen and oxygen atoms in total. The third-order valence-electron chi connectivity index (χ3n) is 3.66. The molecule has 1 heterocycles. The average molecular weight is 227 g/mol. The number of hydrogen-bond acceptors (Lipinski definition) is 3. The fourth-order valence-electron chi connectivity index (χ4n) is 2.54. The van der Waals surface area contributed by atoms with Crippen LogP contribution >= 0.6 is 0 Å². The zero-order valence-corrected chi connectivity index (χ0v) is 10.3. The van der Waals surface area contributed by atoms with E-state index in [4.69, 9.17) is 4.74 Å². The number of hydrogen-bond donors (Lipinski definition) is 1. The van der Waals surface area contributed by atoms with Crippen molar-refractivity contribution >= 4 is 6.09 Å².